The molecule has 0 saturated heterocycles. The molecule has 0 fully saturated rings. The first-order chi connectivity index (χ1) is 11.6. The molecule has 0 aliphatic rings. The van der Waals surface area contributed by atoms with Crippen LogP contribution in [-0.4, -0.2) is 45.8 Å². The summed E-state index contributed by atoms with van der Waals surface area (Å²) in [5.41, 5.74) is 1.61. The van der Waals surface area contributed by atoms with Crippen molar-refractivity contribution < 1.29 is 14.3 Å². The minimum atomic E-state index is -0.327. The highest BCUT2D eigenvalue weighted by atomic mass is 16.5. The van der Waals surface area contributed by atoms with Crippen LogP contribution < -0.4 is 10.6 Å². The van der Waals surface area contributed by atoms with Crippen LogP contribution >= 0.6 is 0 Å². The van der Waals surface area contributed by atoms with Crippen molar-refractivity contribution in [2.45, 2.75) is 26.8 Å². The summed E-state index contributed by atoms with van der Waals surface area (Å²) in [6.07, 6.45) is 0.932. The second-order valence-corrected chi connectivity index (χ2v) is 5.86. The van der Waals surface area contributed by atoms with E-state index in [1.807, 2.05) is 12.1 Å². The number of aliphatic imine (C=N–C) groups is 1. The number of esters is 1. The van der Waals surface area contributed by atoms with Crippen LogP contribution in [0.3, 0.4) is 0 Å². The highest BCUT2D eigenvalue weighted by Gasteiger charge is 2.04. The highest BCUT2D eigenvalue weighted by Crippen LogP contribution is 2.05. The van der Waals surface area contributed by atoms with Gasteiger partial charge in [-0.25, -0.2) is 4.79 Å². The maximum absolute atomic E-state index is 11.4. The molecule has 0 atom stereocenters. The normalized spacial score (nSPS) is 11.5. The van der Waals surface area contributed by atoms with Gasteiger partial charge >= 0.3 is 5.97 Å². The number of carbonyl (C=O) groups is 1. The molecule has 0 aromatic heterocycles. The molecule has 6 heteroatoms. The fourth-order valence-electron chi connectivity index (χ4n) is 1.98. The van der Waals surface area contributed by atoms with Crippen LogP contribution in [0.4, 0.5) is 0 Å². The van der Waals surface area contributed by atoms with Gasteiger partial charge in [0.05, 0.1) is 12.7 Å². The standard InChI is InChI=1S/C18H29N3O3/c1-14(2)13-24-11-5-10-20-18(19-3)21-12-15-6-8-16(9-7-15)17(22)23-4/h6-9,14H,5,10-13H2,1-4H3,(H2,19,20,21). The summed E-state index contributed by atoms with van der Waals surface area (Å²) in [6, 6.07) is 7.30. The van der Waals surface area contributed by atoms with Crippen molar-refractivity contribution in [1.29, 1.82) is 0 Å². The Morgan fingerprint density at radius 3 is 2.50 bits per heavy atom. The summed E-state index contributed by atoms with van der Waals surface area (Å²) in [5.74, 6) is 0.987. The first-order valence-electron chi connectivity index (χ1n) is 8.26. The molecule has 0 unspecified atom stereocenters. The lowest BCUT2D eigenvalue weighted by molar-refractivity contribution is 0.0600. The van der Waals surface area contributed by atoms with E-state index in [-0.39, 0.29) is 5.97 Å². The summed E-state index contributed by atoms with van der Waals surface area (Å²) >= 11 is 0. The van der Waals surface area contributed by atoms with Crippen molar-refractivity contribution in [3.63, 3.8) is 0 Å². The third-order valence-electron chi connectivity index (χ3n) is 3.27. The summed E-state index contributed by atoms with van der Waals surface area (Å²) < 4.78 is 10.2. The topological polar surface area (TPSA) is 72.0 Å². The summed E-state index contributed by atoms with van der Waals surface area (Å²) in [4.78, 5) is 15.6. The van der Waals surface area contributed by atoms with Crippen LogP contribution in [0.25, 0.3) is 0 Å². The quantitative estimate of drug-likeness (QED) is 0.313. The highest BCUT2D eigenvalue weighted by molar-refractivity contribution is 5.89. The summed E-state index contributed by atoms with van der Waals surface area (Å²) in [6.45, 7) is 7.26. The molecule has 0 bridgehead atoms. The predicted octanol–water partition coefficient (Wildman–Crippen LogP) is 2.20. The molecule has 0 aliphatic heterocycles. The average Bonchev–Trinajstić information content (AvgIpc) is 2.60. The van der Waals surface area contributed by atoms with E-state index in [1.165, 1.54) is 7.11 Å². The van der Waals surface area contributed by atoms with Crippen LogP contribution in [0.5, 0.6) is 0 Å². The Hall–Kier alpha value is -2.08. The second-order valence-electron chi connectivity index (χ2n) is 5.86. The van der Waals surface area contributed by atoms with E-state index in [0.29, 0.717) is 18.0 Å². The lowest BCUT2D eigenvalue weighted by atomic mass is 10.1. The zero-order chi connectivity index (χ0) is 17.8. The SMILES string of the molecule is CN=C(NCCCOCC(C)C)NCc1ccc(C(=O)OC)cc1. The van der Waals surface area contributed by atoms with Gasteiger partial charge in [0.15, 0.2) is 5.96 Å². The molecule has 0 radical (unpaired) electrons. The summed E-state index contributed by atoms with van der Waals surface area (Å²) in [7, 11) is 3.12. The second kappa shape index (κ2) is 11.5. The lowest BCUT2D eigenvalue weighted by Crippen LogP contribution is -2.37. The minimum Gasteiger partial charge on any atom is -0.465 e. The molecular formula is C18H29N3O3. The Morgan fingerprint density at radius 1 is 1.21 bits per heavy atom. The number of rotatable bonds is 9. The van der Waals surface area contributed by atoms with Crippen LogP contribution in [0, 0.1) is 5.92 Å². The third-order valence-corrected chi connectivity index (χ3v) is 3.27. The van der Waals surface area contributed by atoms with Crippen molar-refractivity contribution in [1.82, 2.24) is 10.6 Å². The van der Waals surface area contributed by atoms with Gasteiger partial charge in [0.25, 0.3) is 0 Å². The van der Waals surface area contributed by atoms with Gasteiger partial charge < -0.3 is 20.1 Å². The Labute approximate surface area is 144 Å². The number of ether oxygens (including phenoxy) is 2. The van der Waals surface area contributed by atoms with Gasteiger partial charge in [-0.15, -0.1) is 0 Å². The van der Waals surface area contributed by atoms with Crippen molar-refractivity contribution in [3.05, 3.63) is 35.4 Å². The van der Waals surface area contributed by atoms with E-state index in [0.717, 1.165) is 37.7 Å². The van der Waals surface area contributed by atoms with E-state index in [4.69, 9.17) is 4.74 Å². The number of hydrogen-bond acceptors (Lipinski definition) is 4. The maximum Gasteiger partial charge on any atom is 0.337 e. The van der Waals surface area contributed by atoms with Gasteiger partial charge in [-0.05, 0) is 30.0 Å². The van der Waals surface area contributed by atoms with Crippen molar-refractivity contribution in [2.24, 2.45) is 10.9 Å². The number of hydrogen-bond donors (Lipinski definition) is 2. The van der Waals surface area contributed by atoms with E-state index < -0.39 is 0 Å². The zero-order valence-corrected chi connectivity index (χ0v) is 15.1. The molecule has 24 heavy (non-hydrogen) atoms. The largest absolute Gasteiger partial charge is 0.465 e. The van der Waals surface area contributed by atoms with Gasteiger partial charge in [-0.2, -0.15) is 0 Å². The number of nitrogens with one attached hydrogen (secondary N) is 2. The van der Waals surface area contributed by atoms with E-state index in [1.54, 1.807) is 19.2 Å². The summed E-state index contributed by atoms with van der Waals surface area (Å²) in [5, 5.41) is 6.49. The maximum atomic E-state index is 11.4. The van der Waals surface area contributed by atoms with Crippen LogP contribution in [0.15, 0.2) is 29.3 Å². The molecule has 0 heterocycles. The van der Waals surface area contributed by atoms with Crippen molar-refractivity contribution >= 4 is 11.9 Å². The monoisotopic (exact) mass is 335 g/mol. The Bertz CT molecular complexity index is 513. The number of nitrogens with zero attached hydrogens (tertiary/aromatic N) is 1. The third kappa shape index (κ3) is 7.97. The van der Waals surface area contributed by atoms with Gasteiger partial charge in [0.2, 0.25) is 0 Å². The number of benzene rings is 1. The number of methoxy groups -OCH3 is 1. The fraction of sp³-hybridized carbons (Fsp3) is 0.556. The molecule has 2 N–H and O–H groups in total. The molecule has 0 saturated carbocycles. The Morgan fingerprint density at radius 2 is 1.92 bits per heavy atom. The Kier molecular flexibility index (Phi) is 9.53. The minimum absolute atomic E-state index is 0.327. The number of carbonyl (C=O) groups excluding carboxylic acids is 1. The van der Waals surface area contributed by atoms with Gasteiger partial charge in [0.1, 0.15) is 0 Å². The lowest BCUT2D eigenvalue weighted by Gasteiger charge is -2.12. The van der Waals surface area contributed by atoms with E-state index >= 15 is 0 Å². The van der Waals surface area contributed by atoms with Crippen LogP contribution in [0.1, 0.15) is 36.2 Å². The Balaban J connectivity index is 2.27. The van der Waals surface area contributed by atoms with E-state index in [2.05, 4.69) is 34.2 Å². The molecule has 1 aromatic carbocycles. The van der Waals surface area contributed by atoms with Gasteiger partial charge in [-0.3, -0.25) is 4.99 Å². The zero-order valence-electron chi connectivity index (χ0n) is 15.1. The molecule has 1 rings (SSSR count). The molecule has 0 amide bonds. The molecule has 6 nitrogen and oxygen atoms in total. The molecular weight excluding hydrogens is 306 g/mol. The van der Waals surface area contributed by atoms with Crippen molar-refractivity contribution in [2.75, 3.05) is 33.9 Å². The van der Waals surface area contributed by atoms with Gasteiger partial charge in [0, 0.05) is 33.4 Å². The fourth-order valence-corrected chi connectivity index (χ4v) is 1.98. The molecule has 0 aliphatic carbocycles. The van der Waals surface area contributed by atoms with Gasteiger partial charge in [-0.1, -0.05) is 26.0 Å². The van der Waals surface area contributed by atoms with Crippen molar-refractivity contribution in [3.8, 4) is 0 Å². The average molecular weight is 335 g/mol. The first-order valence-corrected chi connectivity index (χ1v) is 8.26. The predicted molar refractivity (Wildman–Crippen MR) is 96.3 cm³/mol. The molecule has 0 spiro atoms. The molecule has 1 aromatic rings. The number of guanidine groups is 1. The van der Waals surface area contributed by atoms with E-state index in [9.17, 15) is 4.79 Å². The smallest absolute Gasteiger partial charge is 0.337 e. The molecule has 134 valence electrons. The van der Waals surface area contributed by atoms with Crippen LogP contribution in [-0.2, 0) is 16.0 Å². The first kappa shape index (κ1) is 20.0. The van der Waals surface area contributed by atoms with Crippen LogP contribution in [0.2, 0.25) is 0 Å².